The van der Waals surface area contributed by atoms with Crippen LogP contribution in [0.5, 0.6) is 5.75 Å². The molecule has 100 valence electrons. The van der Waals surface area contributed by atoms with Crippen LogP contribution < -0.4 is 10.1 Å². The molecule has 1 atom stereocenters. The molecule has 1 aliphatic heterocycles. The maximum atomic E-state index is 12.6. The van der Waals surface area contributed by atoms with Gasteiger partial charge in [0.15, 0.2) is 6.61 Å². The molecule has 1 fully saturated rings. The van der Waals surface area contributed by atoms with Crippen LogP contribution in [0, 0.1) is 0 Å². The van der Waals surface area contributed by atoms with E-state index in [0.29, 0.717) is 12.4 Å². The molecule has 5 heteroatoms. The van der Waals surface area contributed by atoms with Gasteiger partial charge >= 0.3 is 0 Å². The van der Waals surface area contributed by atoms with Gasteiger partial charge in [-0.3, -0.25) is 0 Å². The van der Waals surface area contributed by atoms with Crippen molar-refractivity contribution in [2.75, 3.05) is 26.3 Å². The predicted molar refractivity (Wildman–Crippen MR) is 64.1 cm³/mol. The molecule has 0 saturated carbocycles. The summed E-state index contributed by atoms with van der Waals surface area (Å²) in [5, 5.41) is 3.24. The van der Waals surface area contributed by atoms with E-state index in [1.165, 1.54) is 0 Å². The van der Waals surface area contributed by atoms with E-state index < -0.39 is 12.5 Å². The zero-order valence-electron chi connectivity index (χ0n) is 10.3. The van der Waals surface area contributed by atoms with Crippen molar-refractivity contribution in [2.24, 2.45) is 0 Å². The molecule has 3 nitrogen and oxygen atoms in total. The molecule has 1 aromatic carbocycles. The lowest BCUT2D eigenvalue weighted by Gasteiger charge is -2.24. The predicted octanol–water partition coefficient (Wildman–Crippen LogP) is 2.38. The van der Waals surface area contributed by atoms with E-state index in [1.807, 2.05) is 12.1 Å². The largest absolute Gasteiger partial charge is 0.487 e. The van der Waals surface area contributed by atoms with E-state index in [0.717, 1.165) is 25.6 Å². The first kappa shape index (κ1) is 13.2. The van der Waals surface area contributed by atoms with Gasteiger partial charge in [-0.15, -0.1) is 0 Å². The van der Waals surface area contributed by atoms with E-state index in [2.05, 4.69) is 5.32 Å². The van der Waals surface area contributed by atoms with Crippen molar-refractivity contribution >= 4 is 0 Å². The van der Waals surface area contributed by atoms with Gasteiger partial charge in [0.05, 0.1) is 12.7 Å². The van der Waals surface area contributed by atoms with Crippen LogP contribution in [0.2, 0.25) is 0 Å². The van der Waals surface area contributed by atoms with Crippen molar-refractivity contribution in [3.63, 3.8) is 0 Å². The molecule has 1 unspecified atom stereocenters. The molecule has 1 saturated heterocycles. The van der Waals surface area contributed by atoms with Gasteiger partial charge in [-0.05, 0) is 17.7 Å². The Bertz CT molecular complexity index is 370. The number of hydrogen-bond acceptors (Lipinski definition) is 3. The monoisotopic (exact) mass is 257 g/mol. The Morgan fingerprint density at radius 3 is 2.67 bits per heavy atom. The average Bonchev–Trinajstić information content (AvgIpc) is 2.37. The second-order valence-corrected chi connectivity index (χ2v) is 4.49. The first-order valence-corrected chi connectivity index (χ1v) is 5.97. The van der Waals surface area contributed by atoms with Gasteiger partial charge < -0.3 is 14.8 Å². The molecule has 0 aromatic heterocycles. The highest BCUT2D eigenvalue weighted by Gasteiger charge is 2.22. The minimum absolute atomic E-state index is 0.0282. The van der Waals surface area contributed by atoms with Gasteiger partial charge in [0.2, 0.25) is 0 Å². The topological polar surface area (TPSA) is 30.5 Å². The fourth-order valence-corrected chi connectivity index (χ4v) is 1.77. The third kappa shape index (κ3) is 3.92. The minimum atomic E-state index is -2.81. The molecule has 0 amide bonds. The smallest absolute Gasteiger partial charge is 0.278 e. The van der Waals surface area contributed by atoms with Gasteiger partial charge in [0, 0.05) is 20.0 Å². The lowest BCUT2D eigenvalue weighted by Crippen LogP contribution is -2.33. The SMILES string of the molecule is CC(F)(F)COc1ccc(C2CNCCO2)cc1. The Hall–Kier alpha value is -1.20. The number of benzene rings is 1. The highest BCUT2D eigenvalue weighted by molar-refractivity contribution is 5.29. The first-order valence-electron chi connectivity index (χ1n) is 5.97. The summed E-state index contributed by atoms with van der Waals surface area (Å²) >= 11 is 0. The maximum Gasteiger partial charge on any atom is 0.278 e. The van der Waals surface area contributed by atoms with Crippen molar-refractivity contribution in [3.8, 4) is 5.75 Å². The quantitative estimate of drug-likeness (QED) is 0.898. The van der Waals surface area contributed by atoms with Gasteiger partial charge in [0.25, 0.3) is 5.92 Å². The van der Waals surface area contributed by atoms with Gasteiger partial charge in [-0.25, -0.2) is 8.78 Å². The Kier molecular flexibility index (Phi) is 4.14. The second-order valence-electron chi connectivity index (χ2n) is 4.49. The average molecular weight is 257 g/mol. The molecular formula is C13H17F2NO2. The van der Waals surface area contributed by atoms with Crippen molar-refractivity contribution < 1.29 is 18.3 Å². The lowest BCUT2D eigenvalue weighted by molar-refractivity contribution is -0.0230. The lowest BCUT2D eigenvalue weighted by atomic mass is 10.1. The molecule has 1 aliphatic rings. The second kappa shape index (κ2) is 5.63. The number of nitrogens with one attached hydrogen (secondary N) is 1. The first-order chi connectivity index (χ1) is 8.54. The van der Waals surface area contributed by atoms with Crippen molar-refractivity contribution in [2.45, 2.75) is 19.0 Å². The maximum absolute atomic E-state index is 12.6. The summed E-state index contributed by atoms with van der Waals surface area (Å²) < 4.78 is 35.9. The molecule has 1 N–H and O–H groups in total. The van der Waals surface area contributed by atoms with Crippen LogP contribution in [0.25, 0.3) is 0 Å². The van der Waals surface area contributed by atoms with Crippen LogP contribution in [0.4, 0.5) is 8.78 Å². The van der Waals surface area contributed by atoms with Crippen LogP contribution in [0.15, 0.2) is 24.3 Å². The van der Waals surface area contributed by atoms with E-state index in [9.17, 15) is 8.78 Å². The molecule has 1 aromatic rings. The van der Waals surface area contributed by atoms with Crippen LogP contribution >= 0.6 is 0 Å². The summed E-state index contributed by atoms with van der Waals surface area (Å²) in [6, 6.07) is 7.08. The fourth-order valence-electron chi connectivity index (χ4n) is 1.77. The van der Waals surface area contributed by atoms with Crippen LogP contribution in [0.1, 0.15) is 18.6 Å². The zero-order valence-corrected chi connectivity index (χ0v) is 10.3. The van der Waals surface area contributed by atoms with Crippen LogP contribution in [-0.2, 0) is 4.74 Å². The molecule has 18 heavy (non-hydrogen) atoms. The Balaban J connectivity index is 1.92. The molecule has 0 aliphatic carbocycles. The minimum Gasteiger partial charge on any atom is -0.487 e. The summed E-state index contributed by atoms with van der Waals surface area (Å²) in [5.41, 5.74) is 1.03. The summed E-state index contributed by atoms with van der Waals surface area (Å²) in [6.07, 6.45) is 0.0282. The van der Waals surface area contributed by atoms with Crippen molar-refractivity contribution in [1.82, 2.24) is 5.32 Å². The Morgan fingerprint density at radius 2 is 2.11 bits per heavy atom. The summed E-state index contributed by atoms with van der Waals surface area (Å²) in [5.74, 6) is -2.36. The number of morpholine rings is 1. The fraction of sp³-hybridized carbons (Fsp3) is 0.538. The van der Waals surface area contributed by atoms with Gasteiger partial charge in [-0.2, -0.15) is 0 Å². The van der Waals surface area contributed by atoms with E-state index >= 15 is 0 Å². The molecule has 2 rings (SSSR count). The Labute approximate surface area is 105 Å². The number of halogens is 2. The van der Waals surface area contributed by atoms with Crippen molar-refractivity contribution in [1.29, 1.82) is 0 Å². The number of hydrogen-bond donors (Lipinski definition) is 1. The summed E-state index contributed by atoms with van der Waals surface area (Å²) in [6.45, 7) is 2.55. The van der Waals surface area contributed by atoms with E-state index in [4.69, 9.17) is 9.47 Å². The summed E-state index contributed by atoms with van der Waals surface area (Å²) in [4.78, 5) is 0. The van der Waals surface area contributed by atoms with Crippen molar-refractivity contribution in [3.05, 3.63) is 29.8 Å². The van der Waals surface area contributed by atoms with Gasteiger partial charge in [0.1, 0.15) is 5.75 Å². The molecule has 0 radical (unpaired) electrons. The number of rotatable bonds is 4. The third-order valence-electron chi connectivity index (χ3n) is 2.67. The third-order valence-corrected chi connectivity index (χ3v) is 2.67. The normalized spacial score (nSPS) is 20.7. The standard InChI is InChI=1S/C13H17F2NO2/c1-13(14,15)9-18-11-4-2-10(3-5-11)12-8-16-6-7-17-12/h2-5,12,16H,6-9H2,1H3. The highest BCUT2D eigenvalue weighted by Crippen LogP contribution is 2.22. The number of alkyl halides is 2. The number of ether oxygens (including phenoxy) is 2. The van der Waals surface area contributed by atoms with Gasteiger partial charge in [-0.1, -0.05) is 12.1 Å². The molecule has 1 heterocycles. The van der Waals surface area contributed by atoms with Crippen LogP contribution in [0.3, 0.4) is 0 Å². The van der Waals surface area contributed by atoms with E-state index in [1.54, 1.807) is 12.1 Å². The Morgan fingerprint density at radius 1 is 1.39 bits per heavy atom. The zero-order chi connectivity index (χ0) is 13.0. The molecular weight excluding hydrogens is 240 g/mol. The van der Waals surface area contributed by atoms with Crippen LogP contribution in [-0.4, -0.2) is 32.2 Å². The highest BCUT2D eigenvalue weighted by atomic mass is 19.3. The summed E-state index contributed by atoms with van der Waals surface area (Å²) in [7, 11) is 0. The van der Waals surface area contributed by atoms with E-state index in [-0.39, 0.29) is 6.10 Å². The molecule has 0 bridgehead atoms. The molecule has 0 spiro atoms.